The van der Waals surface area contributed by atoms with Crippen molar-refractivity contribution in [3.8, 4) is 16.2 Å². The lowest BCUT2D eigenvalue weighted by Crippen LogP contribution is -2.27. The molecule has 1 aromatic heterocycles. The fourth-order valence-electron chi connectivity index (χ4n) is 4.79. The number of hydrogen-bond donors (Lipinski definition) is 0. The van der Waals surface area contributed by atoms with Crippen molar-refractivity contribution in [1.82, 2.24) is 0 Å². The number of fused-ring (bicyclic) bond motifs is 1. The van der Waals surface area contributed by atoms with Crippen molar-refractivity contribution in [1.29, 1.82) is 0 Å². The molecule has 4 rings (SSSR count). The molecule has 0 N–H and O–H groups in total. The number of halogens is 3. The molecule has 3 unspecified atom stereocenters. The average molecular weight is 517 g/mol. The number of carbonyl (C=O) groups is 1. The van der Waals surface area contributed by atoms with E-state index in [1.165, 1.54) is 17.4 Å². The maximum Gasteiger partial charge on any atom is 0.417 e. The van der Waals surface area contributed by atoms with Crippen LogP contribution in [0, 0.1) is 5.92 Å². The summed E-state index contributed by atoms with van der Waals surface area (Å²) in [4.78, 5) is 12.1. The Morgan fingerprint density at radius 3 is 2.61 bits per heavy atom. The average Bonchev–Trinajstić information content (AvgIpc) is 3.42. The van der Waals surface area contributed by atoms with Crippen LogP contribution >= 0.6 is 11.3 Å². The molecular weight excluding hydrogens is 485 g/mol. The molecule has 1 saturated carbocycles. The largest absolute Gasteiger partial charge is 0.490 e. The number of unbranched alkanes of at least 4 members (excludes halogenated alkanes) is 2. The number of benzene rings is 2. The van der Waals surface area contributed by atoms with Crippen LogP contribution in [0.4, 0.5) is 13.2 Å². The molecule has 3 atom stereocenters. The van der Waals surface area contributed by atoms with Gasteiger partial charge in [-0.25, -0.2) is 4.79 Å². The van der Waals surface area contributed by atoms with Crippen LogP contribution in [-0.2, 0) is 22.1 Å². The number of aryl methyl sites for hydroxylation is 1. The lowest BCUT2D eigenvalue weighted by atomic mass is 9.98. The van der Waals surface area contributed by atoms with Crippen LogP contribution in [0.5, 0.6) is 5.75 Å². The molecule has 0 saturated heterocycles. The van der Waals surface area contributed by atoms with E-state index < -0.39 is 17.7 Å². The molecular formula is C29H31F3O3S. The summed E-state index contributed by atoms with van der Waals surface area (Å²) in [6, 6.07) is 12.1. The summed E-state index contributed by atoms with van der Waals surface area (Å²) in [5, 5.41) is 0.875. The molecule has 1 fully saturated rings. The maximum atomic E-state index is 14.0. The molecule has 2 aromatic carbocycles. The molecule has 3 nitrogen and oxygen atoms in total. The van der Waals surface area contributed by atoms with Gasteiger partial charge in [-0.15, -0.1) is 11.3 Å². The minimum Gasteiger partial charge on any atom is -0.490 e. The molecule has 192 valence electrons. The predicted octanol–water partition coefficient (Wildman–Crippen LogP) is 8.59. The van der Waals surface area contributed by atoms with Crippen LogP contribution in [-0.4, -0.2) is 18.2 Å². The molecule has 3 aromatic rings. The summed E-state index contributed by atoms with van der Waals surface area (Å²) in [7, 11) is 0. The number of ether oxygens (including phenoxy) is 2. The Balaban J connectivity index is 1.55. The summed E-state index contributed by atoms with van der Waals surface area (Å²) in [5.74, 6) is 0.242. The van der Waals surface area contributed by atoms with E-state index in [9.17, 15) is 18.0 Å². The van der Waals surface area contributed by atoms with Crippen molar-refractivity contribution >= 4 is 27.4 Å². The predicted molar refractivity (Wildman–Crippen MR) is 138 cm³/mol. The van der Waals surface area contributed by atoms with Gasteiger partial charge in [-0.2, -0.15) is 13.2 Å². The first-order valence-corrected chi connectivity index (χ1v) is 13.2. The summed E-state index contributed by atoms with van der Waals surface area (Å²) in [6.45, 7) is 7.51. The first-order chi connectivity index (χ1) is 17.2. The highest BCUT2D eigenvalue weighted by molar-refractivity contribution is 7.22. The Morgan fingerprint density at radius 2 is 1.89 bits per heavy atom. The number of rotatable bonds is 9. The Hall–Kier alpha value is -2.80. The van der Waals surface area contributed by atoms with Crippen molar-refractivity contribution in [2.45, 2.75) is 70.8 Å². The molecule has 7 heteroatoms. The topological polar surface area (TPSA) is 35.5 Å². The van der Waals surface area contributed by atoms with Crippen molar-refractivity contribution < 1.29 is 27.4 Å². The van der Waals surface area contributed by atoms with Crippen LogP contribution in [0.1, 0.15) is 57.1 Å². The molecule has 36 heavy (non-hydrogen) atoms. The third-order valence-corrected chi connectivity index (χ3v) is 7.98. The van der Waals surface area contributed by atoms with Gasteiger partial charge in [0.15, 0.2) is 0 Å². The first-order valence-electron chi connectivity index (χ1n) is 12.4. The van der Waals surface area contributed by atoms with E-state index in [1.54, 1.807) is 6.07 Å². The van der Waals surface area contributed by atoms with E-state index >= 15 is 0 Å². The van der Waals surface area contributed by atoms with Gasteiger partial charge in [-0.05, 0) is 67.0 Å². The van der Waals surface area contributed by atoms with Gasteiger partial charge in [0.1, 0.15) is 18.0 Å². The fraction of sp³-hybridized carbons (Fsp3) is 0.414. The van der Waals surface area contributed by atoms with Gasteiger partial charge < -0.3 is 9.47 Å². The monoisotopic (exact) mass is 516 g/mol. The Kier molecular flexibility index (Phi) is 8.08. The van der Waals surface area contributed by atoms with E-state index in [0.717, 1.165) is 47.4 Å². The van der Waals surface area contributed by atoms with Gasteiger partial charge in [0, 0.05) is 27.1 Å². The van der Waals surface area contributed by atoms with E-state index in [0.29, 0.717) is 23.5 Å². The molecule has 0 radical (unpaired) electrons. The highest BCUT2D eigenvalue weighted by Gasteiger charge is 2.37. The minimum absolute atomic E-state index is 0.0219. The lowest BCUT2D eigenvalue weighted by molar-refractivity contribution is -0.145. The SMILES string of the molecule is C=CC(=O)OC1CCC(Oc2ccc3cc(-c4ccc(CCCCC)cc4C(F)(F)F)sc3c2)C1C. The van der Waals surface area contributed by atoms with Crippen LogP contribution in [0.25, 0.3) is 20.5 Å². The zero-order valence-electron chi connectivity index (χ0n) is 20.6. The highest BCUT2D eigenvalue weighted by Crippen LogP contribution is 2.43. The second kappa shape index (κ2) is 11.1. The number of carbonyl (C=O) groups excluding carboxylic acids is 1. The fourth-order valence-corrected chi connectivity index (χ4v) is 5.92. The molecule has 0 aliphatic heterocycles. The zero-order chi connectivity index (χ0) is 25.9. The summed E-state index contributed by atoms with van der Waals surface area (Å²) in [6.07, 6.45) is 1.44. The summed E-state index contributed by atoms with van der Waals surface area (Å²) >= 11 is 1.33. The number of esters is 1. The van der Waals surface area contributed by atoms with Gasteiger partial charge in [-0.1, -0.05) is 45.4 Å². The Morgan fingerprint density at radius 1 is 1.11 bits per heavy atom. The molecule has 1 heterocycles. The summed E-state index contributed by atoms with van der Waals surface area (Å²) in [5.41, 5.74) is 0.347. The van der Waals surface area contributed by atoms with Gasteiger partial charge in [0.05, 0.1) is 5.56 Å². The molecule has 0 spiro atoms. The van der Waals surface area contributed by atoms with Gasteiger partial charge in [-0.3, -0.25) is 0 Å². The van der Waals surface area contributed by atoms with E-state index in [1.807, 2.05) is 37.3 Å². The van der Waals surface area contributed by atoms with E-state index in [2.05, 4.69) is 13.5 Å². The van der Waals surface area contributed by atoms with E-state index in [4.69, 9.17) is 9.47 Å². The number of thiophene rings is 1. The van der Waals surface area contributed by atoms with Crippen molar-refractivity contribution in [3.63, 3.8) is 0 Å². The molecule has 0 bridgehead atoms. The van der Waals surface area contributed by atoms with Crippen molar-refractivity contribution in [3.05, 3.63) is 66.2 Å². The second-order valence-electron chi connectivity index (χ2n) is 9.42. The number of alkyl halides is 3. The van der Waals surface area contributed by atoms with Gasteiger partial charge >= 0.3 is 12.1 Å². The standard InChI is InChI=1S/C29H31F3O3S/c1-4-6-7-8-19-9-12-22(23(15-19)29(30,31)32)27-16-20-10-11-21(17-26(20)36-27)34-24-13-14-25(18(24)3)35-28(33)5-2/h5,9-12,15-18,24-25H,2,4,6-8,13-14H2,1,3H3. The van der Waals surface area contributed by atoms with Gasteiger partial charge in [0.25, 0.3) is 0 Å². The third-order valence-electron chi connectivity index (χ3n) is 6.85. The summed E-state index contributed by atoms with van der Waals surface area (Å²) < 4.78 is 54.4. The third kappa shape index (κ3) is 5.94. The highest BCUT2D eigenvalue weighted by atomic mass is 32.1. The Bertz CT molecular complexity index is 1230. The van der Waals surface area contributed by atoms with E-state index in [-0.39, 0.29) is 23.7 Å². The van der Waals surface area contributed by atoms with Crippen LogP contribution in [0.2, 0.25) is 0 Å². The molecule has 0 amide bonds. The second-order valence-corrected chi connectivity index (χ2v) is 10.5. The molecule has 1 aliphatic carbocycles. The first kappa shape index (κ1) is 26.3. The van der Waals surface area contributed by atoms with Crippen molar-refractivity contribution in [2.75, 3.05) is 0 Å². The normalized spacial score (nSPS) is 20.0. The zero-order valence-corrected chi connectivity index (χ0v) is 21.4. The van der Waals surface area contributed by atoms with Crippen molar-refractivity contribution in [2.24, 2.45) is 5.92 Å². The van der Waals surface area contributed by atoms with Crippen LogP contribution in [0.15, 0.2) is 55.1 Å². The smallest absolute Gasteiger partial charge is 0.417 e. The Labute approximate surface area is 213 Å². The quantitative estimate of drug-likeness (QED) is 0.162. The lowest BCUT2D eigenvalue weighted by Gasteiger charge is -2.21. The minimum atomic E-state index is -4.43. The van der Waals surface area contributed by atoms with Crippen LogP contribution in [0.3, 0.4) is 0 Å². The van der Waals surface area contributed by atoms with Crippen LogP contribution < -0.4 is 4.74 Å². The molecule has 1 aliphatic rings. The van der Waals surface area contributed by atoms with Gasteiger partial charge in [0.2, 0.25) is 0 Å². The number of hydrogen-bond acceptors (Lipinski definition) is 4. The maximum absolute atomic E-state index is 14.0.